The number of halogens is 2. The Labute approximate surface area is 125 Å². The van der Waals surface area contributed by atoms with Gasteiger partial charge in [-0.25, -0.2) is 0 Å². The topological polar surface area (TPSA) is 33.0 Å². The Morgan fingerprint density at radius 1 is 1.16 bits per heavy atom. The van der Waals surface area contributed by atoms with Gasteiger partial charge in [-0.05, 0) is 30.5 Å². The van der Waals surface area contributed by atoms with Crippen molar-refractivity contribution in [3.8, 4) is 17.6 Å². The molecule has 19 heavy (non-hydrogen) atoms. The van der Waals surface area contributed by atoms with Gasteiger partial charge in [0.05, 0.1) is 10.0 Å². The lowest BCUT2D eigenvalue weighted by atomic mass is 10.2. The number of thioether (sulfide) groups is 1. The molecular weight excluding hydrogens is 301 g/mol. The molecule has 5 heteroatoms. The quantitative estimate of drug-likeness (QED) is 0.714. The van der Waals surface area contributed by atoms with Crippen LogP contribution in [0, 0.1) is 11.3 Å². The molecule has 0 saturated heterocycles. The Bertz CT molecular complexity index is 652. The van der Waals surface area contributed by atoms with Gasteiger partial charge in [0.25, 0.3) is 0 Å². The molecule has 0 atom stereocenters. The van der Waals surface area contributed by atoms with E-state index in [-0.39, 0.29) is 0 Å². The number of ether oxygens (including phenoxy) is 1. The van der Waals surface area contributed by atoms with Crippen molar-refractivity contribution < 1.29 is 4.74 Å². The molecule has 0 radical (unpaired) electrons. The van der Waals surface area contributed by atoms with Crippen LogP contribution >= 0.6 is 35.0 Å². The third kappa shape index (κ3) is 3.16. The molecule has 0 unspecified atom stereocenters. The molecule has 0 fully saturated rings. The summed E-state index contributed by atoms with van der Waals surface area (Å²) in [5, 5.41) is 10.1. The number of nitriles is 1. The van der Waals surface area contributed by atoms with E-state index >= 15 is 0 Å². The molecule has 0 heterocycles. The predicted molar refractivity (Wildman–Crippen MR) is 79.5 cm³/mol. The molecule has 0 N–H and O–H groups in total. The first-order valence-electron chi connectivity index (χ1n) is 5.35. The Morgan fingerprint density at radius 3 is 2.58 bits per heavy atom. The van der Waals surface area contributed by atoms with Gasteiger partial charge in [-0.2, -0.15) is 5.26 Å². The highest BCUT2D eigenvalue weighted by atomic mass is 35.5. The van der Waals surface area contributed by atoms with Crippen molar-refractivity contribution >= 4 is 35.0 Å². The minimum Gasteiger partial charge on any atom is -0.456 e. The number of hydrogen-bond donors (Lipinski definition) is 0. The van der Waals surface area contributed by atoms with Gasteiger partial charge in [0.15, 0.2) is 0 Å². The molecule has 0 aliphatic carbocycles. The standard InChI is InChI=1S/C14H9Cl2NOS/c1-19-14-4-2-3-13(10(14)8-17)18-9-5-6-11(15)12(16)7-9/h2-7H,1H3. The van der Waals surface area contributed by atoms with Gasteiger partial charge >= 0.3 is 0 Å². The SMILES string of the molecule is CSc1cccc(Oc2ccc(Cl)c(Cl)c2)c1C#N. The lowest BCUT2D eigenvalue weighted by Gasteiger charge is -2.10. The Kier molecular flexibility index (Phi) is 4.60. The summed E-state index contributed by atoms with van der Waals surface area (Å²) in [6, 6.07) is 12.6. The number of nitrogens with zero attached hydrogens (tertiary/aromatic N) is 1. The summed E-state index contributed by atoms with van der Waals surface area (Å²) in [6.45, 7) is 0. The van der Waals surface area contributed by atoms with Crippen molar-refractivity contribution in [1.82, 2.24) is 0 Å². The van der Waals surface area contributed by atoms with Gasteiger partial charge in [0.1, 0.15) is 23.1 Å². The average Bonchev–Trinajstić information content (AvgIpc) is 2.42. The fourth-order valence-corrected chi connectivity index (χ4v) is 2.40. The van der Waals surface area contributed by atoms with Crippen molar-refractivity contribution in [2.45, 2.75) is 4.90 Å². The maximum Gasteiger partial charge on any atom is 0.146 e. The molecule has 0 saturated carbocycles. The molecule has 0 aliphatic rings. The molecule has 2 aromatic rings. The summed E-state index contributed by atoms with van der Waals surface area (Å²) in [6.07, 6.45) is 1.92. The van der Waals surface area contributed by atoms with Crippen LogP contribution in [0.4, 0.5) is 0 Å². The largest absolute Gasteiger partial charge is 0.456 e. The van der Waals surface area contributed by atoms with Crippen molar-refractivity contribution in [3.05, 3.63) is 52.0 Å². The van der Waals surface area contributed by atoms with E-state index in [4.69, 9.17) is 27.9 Å². The number of hydrogen-bond acceptors (Lipinski definition) is 3. The molecule has 0 amide bonds. The molecule has 0 aromatic heterocycles. The number of rotatable bonds is 3. The summed E-state index contributed by atoms with van der Waals surface area (Å²) in [4.78, 5) is 0.875. The molecule has 0 bridgehead atoms. The highest BCUT2D eigenvalue weighted by molar-refractivity contribution is 7.98. The summed E-state index contributed by atoms with van der Waals surface area (Å²) < 4.78 is 5.70. The van der Waals surface area contributed by atoms with E-state index in [0.29, 0.717) is 27.1 Å². The van der Waals surface area contributed by atoms with Crippen LogP contribution in [-0.4, -0.2) is 6.26 Å². The zero-order valence-corrected chi connectivity index (χ0v) is 12.3. The summed E-state index contributed by atoms with van der Waals surface area (Å²) in [7, 11) is 0. The smallest absolute Gasteiger partial charge is 0.146 e. The fraction of sp³-hybridized carbons (Fsp3) is 0.0714. The van der Waals surface area contributed by atoms with Gasteiger partial charge < -0.3 is 4.74 Å². The Balaban J connectivity index is 2.38. The van der Waals surface area contributed by atoms with E-state index in [0.717, 1.165) is 4.90 Å². The van der Waals surface area contributed by atoms with E-state index in [2.05, 4.69) is 6.07 Å². The third-order valence-corrected chi connectivity index (χ3v) is 3.96. The van der Waals surface area contributed by atoms with Crippen LogP contribution in [0.2, 0.25) is 10.0 Å². The minimum atomic E-state index is 0.415. The molecule has 2 nitrogen and oxygen atoms in total. The molecule has 2 rings (SSSR count). The van der Waals surface area contributed by atoms with Crippen LogP contribution in [0.15, 0.2) is 41.3 Å². The molecule has 2 aromatic carbocycles. The maximum atomic E-state index is 9.22. The summed E-state index contributed by atoms with van der Waals surface area (Å²) in [5.41, 5.74) is 0.515. The zero-order valence-electron chi connectivity index (χ0n) is 9.98. The van der Waals surface area contributed by atoms with Gasteiger partial charge in [-0.3, -0.25) is 0 Å². The van der Waals surface area contributed by atoms with E-state index < -0.39 is 0 Å². The van der Waals surface area contributed by atoms with Crippen molar-refractivity contribution in [2.75, 3.05) is 6.26 Å². The first-order valence-corrected chi connectivity index (χ1v) is 7.33. The third-order valence-electron chi connectivity index (χ3n) is 2.44. The lowest BCUT2D eigenvalue weighted by molar-refractivity contribution is 0.479. The normalized spacial score (nSPS) is 10.0. The minimum absolute atomic E-state index is 0.415. The summed E-state index contributed by atoms with van der Waals surface area (Å²) in [5.74, 6) is 1.05. The zero-order chi connectivity index (χ0) is 13.8. The average molecular weight is 310 g/mol. The first-order chi connectivity index (χ1) is 9.15. The van der Waals surface area contributed by atoms with E-state index in [1.54, 1.807) is 24.3 Å². The van der Waals surface area contributed by atoms with Crippen LogP contribution in [-0.2, 0) is 0 Å². The van der Waals surface area contributed by atoms with Crippen LogP contribution in [0.25, 0.3) is 0 Å². The van der Waals surface area contributed by atoms with Crippen molar-refractivity contribution in [2.24, 2.45) is 0 Å². The molecule has 96 valence electrons. The van der Waals surface area contributed by atoms with Crippen LogP contribution in [0.1, 0.15) is 5.56 Å². The fourth-order valence-electron chi connectivity index (χ4n) is 1.54. The second-order valence-electron chi connectivity index (χ2n) is 3.62. The van der Waals surface area contributed by atoms with Crippen LogP contribution in [0.5, 0.6) is 11.5 Å². The molecular formula is C14H9Cl2NOS. The van der Waals surface area contributed by atoms with Gasteiger partial charge in [0, 0.05) is 11.0 Å². The highest BCUT2D eigenvalue weighted by Crippen LogP contribution is 2.33. The molecule has 0 spiro atoms. The van der Waals surface area contributed by atoms with Crippen LogP contribution < -0.4 is 4.74 Å². The van der Waals surface area contributed by atoms with Gasteiger partial charge in [-0.15, -0.1) is 11.8 Å². The number of benzene rings is 2. The van der Waals surface area contributed by atoms with Crippen LogP contribution in [0.3, 0.4) is 0 Å². The van der Waals surface area contributed by atoms with E-state index in [9.17, 15) is 5.26 Å². The Morgan fingerprint density at radius 2 is 1.95 bits per heavy atom. The van der Waals surface area contributed by atoms with Crippen molar-refractivity contribution in [1.29, 1.82) is 5.26 Å². The van der Waals surface area contributed by atoms with E-state index in [1.807, 2.05) is 18.4 Å². The monoisotopic (exact) mass is 309 g/mol. The highest BCUT2D eigenvalue weighted by Gasteiger charge is 2.10. The van der Waals surface area contributed by atoms with Gasteiger partial charge in [-0.1, -0.05) is 29.3 Å². The Hall–Kier alpha value is -1.34. The molecule has 0 aliphatic heterocycles. The van der Waals surface area contributed by atoms with Gasteiger partial charge in [0.2, 0.25) is 0 Å². The maximum absolute atomic E-state index is 9.22. The van der Waals surface area contributed by atoms with E-state index in [1.165, 1.54) is 11.8 Å². The van der Waals surface area contributed by atoms with Crippen molar-refractivity contribution in [3.63, 3.8) is 0 Å². The summed E-state index contributed by atoms with van der Waals surface area (Å²) >= 11 is 13.3. The lowest BCUT2D eigenvalue weighted by Crippen LogP contribution is -1.90. The second-order valence-corrected chi connectivity index (χ2v) is 5.29. The predicted octanol–water partition coefficient (Wildman–Crippen LogP) is 5.38. The first kappa shape index (κ1) is 14.1. The second kappa shape index (κ2) is 6.21.